The van der Waals surface area contributed by atoms with Gasteiger partial charge in [0.1, 0.15) is 0 Å². The van der Waals surface area contributed by atoms with Crippen LogP contribution < -0.4 is 5.32 Å². The van der Waals surface area contributed by atoms with Gasteiger partial charge in [0.15, 0.2) is 0 Å². The Morgan fingerprint density at radius 1 is 1.45 bits per heavy atom. The third kappa shape index (κ3) is 17.6. The van der Waals surface area contributed by atoms with E-state index >= 15 is 0 Å². The maximum atomic E-state index is 10.4. The van der Waals surface area contributed by atoms with E-state index in [1.807, 2.05) is 20.8 Å². The number of carbonyl (C=O) groups excluding carboxylic acids is 1. The first-order valence-electron chi connectivity index (χ1n) is 3.58. The molecule has 0 bridgehead atoms. The molecule has 0 aliphatic heterocycles. The van der Waals surface area contributed by atoms with E-state index < -0.39 is 0 Å². The van der Waals surface area contributed by atoms with E-state index in [2.05, 4.69) is 18.5 Å². The summed E-state index contributed by atoms with van der Waals surface area (Å²) in [4.78, 5) is 10.4. The number of hydrogen-bond donors (Lipinski definition) is 1. The van der Waals surface area contributed by atoms with Crippen molar-refractivity contribution in [1.29, 1.82) is 0 Å². The molecule has 0 saturated carbocycles. The van der Waals surface area contributed by atoms with Crippen molar-refractivity contribution in [3.63, 3.8) is 0 Å². The molecule has 0 rings (SSSR count). The van der Waals surface area contributed by atoms with Crippen molar-refractivity contribution >= 4 is 5.91 Å². The highest BCUT2D eigenvalue weighted by molar-refractivity contribution is 5.86. The van der Waals surface area contributed by atoms with E-state index in [4.69, 9.17) is 0 Å². The van der Waals surface area contributed by atoms with Crippen molar-refractivity contribution in [2.75, 3.05) is 0 Å². The van der Waals surface area contributed by atoms with E-state index in [1.54, 1.807) is 6.08 Å². The van der Waals surface area contributed by atoms with Crippen LogP contribution in [-0.2, 0) is 4.79 Å². The van der Waals surface area contributed by atoms with E-state index in [9.17, 15) is 4.79 Å². The summed E-state index contributed by atoms with van der Waals surface area (Å²) >= 11 is 0. The van der Waals surface area contributed by atoms with Gasteiger partial charge in [0.25, 0.3) is 0 Å². The highest BCUT2D eigenvalue weighted by atomic mass is 16.1. The quantitative estimate of drug-likeness (QED) is 0.479. The monoisotopic (exact) mass is 155 g/mol. The minimum atomic E-state index is -0.111. The van der Waals surface area contributed by atoms with Crippen molar-refractivity contribution < 1.29 is 4.79 Å². The van der Waals surface area contributed by atoms with Crippen LogP contribution >= 0.6 is 0 Å². The standard InChI is InChI=1S/C6H11NO.C3H6/c1-4-6(8)7-5(2)3;1-3-2/h4-5H,1H2,2-3H3,(H,7,8);3H,1H2,2H3. The molecule has 1 N–H and O–H groups in total. The van der Waals surface area contributed by atoms with Gasteiger partial charge in [-0.3, -0.25) is 4.79 Å². The van der Waals surface area contributed by atoms with E-state index in [0.29, 0.717) is 0 Å². The SMILES string of the molecule is C=CC.C=CC(=O)NC(C)C. The Bertz CT molecular complexity index is 128. The van der Waals surface area contributed by atoms with Gasteiger partial charge in [-0.1, -0.05) is 12.7 Å². The molecular weight excluding hydrogens is 138 g/mol. The molecule has 0 unspecified atom stereocenters. The minimum absolute atomic E-state index is 0.111. The second-order valence-corrected chi connectivity index (χ2v) is 2.28. The van der Waals surface area contributed by atoms with Gasteiger partial charge in [0, 0.05) is 6.04 Å². The third-order valence-electron chi connectivity index (χ3n) is 0.616. The molecule has 0 atom stereocenters. The first-order valence-corrected chi connectivity index (χ1v) is 3.58. The Kier molecular flexibility index (Phi) is 10.3. The molecule has 0 aromatic heterocycles. The zero-order valence-corrected chi connectivity index (χ0v) is 7.55. The van der Waals surface area contributed by atoms with Crippen LogP contribution in [-0.4, -0.2) is 11.9 Å². The second-order valence-electron chi connectivity index (χ2n) is 2.28. The fraction of sp³-hybridized carbons (Fsp3) is 0.444. The maximum Gasteiger partial charge on any atom is 0.243 e. The lowest BCUT2D eigenvalue weighted by molar-refractivity contribution is -0.116. The normalized spacial score (nSPS) is 7.64. The van der Waals surface area contributed by atoms with Gasteiger partial charge in [-0.25, -0.2) is 0 Å². The molecule has 0 saturated heterocycles. The highest BCUT2D eigenvalue weighted by Gasteiger charge is 1.93. The number of carbonyl (C=O) groups is 1. The average molecular weight is 155 g/mol. The van der Waals surface area contributed by atoms with Crippen molar-refractivity contribution in [2.45, 2.75) is 26.8 Å². The zero-order valence-electron chi connectivity index (χ0n) is 7.55. The largest absolute Gasteiger partial charge is 0.350 e. The summed E-state index contributed by atoms with van der Waals surface area (Å²) in [5.74, 6) is -0.111. The third-order valence-corrected chi connectivity index (χ3v) is 0.616. The lowest BCUT2D eigenvalue weighted by atomic mass is 10.4. The average Bonchev–Trinajstić information content (AvgIpc) is 1.88. The fourth-order valence-electron chi connectivity index (χ4n) is 0.343. The Balaban J connectivity index is 0. The Labute approximate surface area is 69.0 Å². The summed E-state index contributed by atoms with van der Waals surface area (Å²) < 4.78 is 0. The number of amides is 1. The van der Waals surface area contributed by atoms with Gasteiger partial charge in [0.2, 0.25) is 5.91 Å². The van der Waals surface area contributed by atoms with Crippen LogP contribution in [0.4, 0.5) is 0 Å². The molecule has 2 nitrogen and oxygen atoms in total. The molecule has 0 aromatic carbocycles. The Hall–Kier alpha value is -1.05. The van der Waals surface area contributed by atoms with Gasteiger partial charge in [-0.2, -0.15) is 0 Å². The summed E-state index contributed by atoms with van der Waals surface area (Å²) in [6, 6.07) is 0.209. The molecule has 0 aliphatic carbocycles. The molecule has 2 heteroatoms. The van der Waals surface area contributed by atoms with Crippen molar-refractivity contribution in [3.8, 4) is 0 Å². The molecule has 0 heterocycles. The summed E-state index contributed by atoms with van der Waals surface area (Å²) in [6.45, 7) is 12.4. The number of nitrogens with one attached hydrogen (secondary N) is 1. The lowest BCUT2D eigenvalue weighted by Crippen LogP contribution is -2.27. The van der Waals surface area contributed by atoms with Crippen molar-refractivity contribution in [3.05, 3.63) is 25.3 Å². The lowest BCUT2D eigenvalue weighted by Gasteiger charge is -2.02. The van der Waals surface area contributed by atoms with Crippen LogP contribution in [0.15, 0.2) is 25.3 Å². The maximum absolute atomic E-state index is 10.4. The van der Waals surface area contributed by atoms with Crippen LogP contribution in [0.1, 0.15) is 20.8 Å². The predicted molar refractivity (Wildman–Crippen MR) is 49.3 cm³/mol. The molecule has 0 aromatic rings. The summed E-state index contributed by atoms with van der Waals surface area (Å²) in [6.07, 6.45) is 3.01. The van der Waals surface area contributed by atoms with Crippen LogP contribution in [0, 0.1) is 0 Å². The van der Waals surface area contributed by atoms with Gasteiger partial charge in [-0.15, -0.1) is 6.58 Å². The molecule has 11 heavy (non-hydrogen) atoms. The molecule has 1 amide bonds. The fourth-order valence-corrected chi connectivity index (χ4v) is 0.343. The summed E-state index contributed by atoms with van der Waals surface area (Å²) in [7, 11) is 0. The van der Waals surface area contributed by atoms with Crippen LogP contribution in [0.2, 0.25) is 0 Å². The van der Waals surface area contributed by atoms with E-state index in [-0.39, 0.29) is 11.9 Å². The van der Waals surface area contributed by atoms with Gasteiger partial charge < -0.3 is 5.32 Å². The van der Waals surface area contributed by atoms with Gasteiger partial charge in [0.05, 0.1) is 0 Å². The highest BCUT2D eigenvalue weighted by Crippen LogP contribution is 1.75. The molecular formula is C9H17NO. The molecule has 0 spiro atoms. The number of allylic oxidation sites excluding steroid dienone is 1. The topological polar surface area (TPSA) is 29.1 Å². The van der Waals surface area contributed by atoms with Crippen LogP contribution in [0.5, 0.6) is 0 Å². The molecule has 0 fully saturated rings. The Morgan fingerprint density at radius 3 is 1.91 bits per heavy atom. The zero-order chi connectivity index (χ0) is 9.28. The molecule has 0 radical (unpaired) electrons. The van der Waals surface area contributed by atoms with Gasteiger partial charge >= 0.3 is 0 Å². The van der Waals surface area contributed by atoms with Crippen LogP contribution in [0.25, 0.3) is 0 Å². The smallest absolute Gasteiger partial charge is 0.243 e. The van der Waals surface area contributed by atoms with E-state index in [1.165, 1.54) is 6.08 Å². The van der Waals surface area contributed by atoms with Gasteiger partial charge in [-0.05, 0) is 26.8 Å². The number of hydrogen-bond acceptors (Lipinski definition) is 1. The molecule has 0 aliphatic rings. The first kappa shape index (κ1) is 12.6. The second kappa shape index (κ2) is 8.95. The first-order chi connectivity index (χ1) is 5.08. The minimum Gasteiger partial charge on any atom is -0.350 e. The van der Waals surface area contributed by atoms with Crippen molar-refractivity contribution in [1.82, 2.24) is 5.32 Å². The number of rotatable bonds is 2. The van der Waals surface area contributed by atoms with Crippen LogP contribution in [0.3, 0.4) is 0 Å². The summed E-state index contributed by atoms with van der Waals surface area (Å²) in [5, 5.41) is 2.64. The van der Waals surface area contributed by atoms with E-state index in [0.717, 1.165) is 0 Å². The Morgan fingerprint density at radius 2 is 1.82 bits per heavy atom. The predicted octanol–water partition coefficient (Wildman–Crippen LogP) is 1.89. The van der Waals surface area contributed by atoms with Crippen molar-refractivity contribution in [2.24, 2.45) is 0 Å². The summed E-state index contributed by atoms with van der Waals surface area (Å²) in [5.41, 5.74) is 0. The molecule has 64 valence electrons.